The number of urea groups is 1. The molecule has 17 heavy (non-hydrogen) atoms. The van der Waals surface area contributed by atoms with Gasteiger partial charge in [-0.1, -0.05) is 18.2 Å². The molecule has 92 valence electrons. The average molecular weight is 234 g/mol. The van der Waals surface area contributed by atoms with Gasteiger partial charge in [0.25, 0.3) is 0 Å². The molecule has 0 radical (unpaired) electrons. The molecule has 5 heteroatoms. The van der Waals surface area contributed by atoms with Crippen LogP contribution >= 0.6 is 0 Å². The molecule has 0 aliphatic heterocycles. The molecular formula is C12H18N4O. The molecule has 0 aliphatic rings. The van der Waals surface area contributed by atoms with Gasteiger partial charge in [0, 0.05) is 14.1 Å². The van der Waals surface area contributed by atoms with Gasteiger partial charge in [-0.25, -0.2) is 9.79 Å². The Balaban J connectivity index is 3.06. The van der Waals surface area contributed by atoms with Crippen LogP contribution in [0, 0.1) is 13.8 Å². The SMILES string of the molecule is CNC(=O)N(C)C(N)=Nc1c(C)cccc1C. The summed E-state index contributed by atoms with van der Waals surface area (Å²) in [7, 11) is 3.12. The van der Waals surface area contributed by atoms with Gasteiger partial charge in [0.15, 0.2) is 0 Å². The Hall–Kier alpha value is -2.04. The fraction of sp³-hybridized carbons (Fsp3) is 0.333. The molecule has 0 atom stereocenters. The second kappa shape index (κ2) is 5.34. The molecule has 0 aromatic heterocycles. The largest absolute Gasteiger partial charge is 0.369 e. The monoisotopic (exact) mass is 234 g/mol. The summed E-state index contributed by atoms with van der Waals surface area (Å²) in [6.45, 7) is 3.91. The van der Waals surface area contributed by atoms with Gasteiger partial charge in [-0.15, -0.1) is 0 Å². The number of nitrogens with two attached hydrogens (primary N) is 1. The molecule has 0 aliphatic carbocycles. The van der Waals surface area contributed by atoms with Gasteiger partial charge in [0.1, 0.15) is 0 Å². The van der Waals surface area contributed by atoms with Crippen LogP contribution in [0.1, 0.15) is 11.1 Å². The summed E-state index contributed by atoms with van der Waals surface area (Å²) in [6.07, 6.45) is 0. The number of carbonyl (C=O) groups is 1. The maximum Gasteiger partial charge on any atom is 0.323 e. The summed E-state index contributed by atoms with van der Waals surface area (Å²) >= 11 is 0. The van der Waals surface area contributed by atoms with Crippen molar-refractivity contribution < 1.29 is 4.79 Å². The molecule has 0 saturated heterocycles. The number of hydrogen-bond acceptors (Lipinski definition) is 2. The van der Waals surface area contributed by atoms with Gasteiger partial charge >= 0.3 is 6.03 Å². The van der Waals surface area contributed by atoms with Gasteiger partial charge in [0.2, 0.25) is 5.96 Å². The molecule has 0 saturated carbocycles. The lowest BCUT2D eigenvalue weighted by Crippen LogP contribution is -2.43. The maximum absolute atomic E-state index is 11.4. The summed E-state index contributed by atoms with van der Waals surface area (Å²) in [5.74, 6) is 0.168. The molecule has 0 heterocycles. The summed E-state index contributed by atoms with van der Waals surface area (Å²) in [6, 6.07) is 5.58. The molecule has 0 fully saturated rings. The first-order chi connectivity index (χ1) is 7.97. The maximum atomic E-state index is 11.4. The summed E-state index contributed by atoms with van der Waals surface area (Å²) in [5, 5.41) is 2.49. The van der Waals surface area contributed by atoms with E-state index in [2.05, 4.69) is 10.3 Å². The number of para-hydroxylation sites is 1. The minimum absolute atomic E-state index is 0.168. The van der Waals surface area contributed by atoms with Crippen LogP contribution < -0.4 is 11.1 Å². The molecule has 1 aromatic carbocycles. The van der Waals surface area contributed by atoms with E-state index < -0.39 is 0 Å². The first kappa shape index (κ1) is 13.0. The highest BCUT2D eigenvalue weighted by molar-refractivity contribution is 5.96. The predicted octanol–water partition coefficient (Wildman–Crippen LogP) is 1.52. The Labute approximate surface area is 101 Å². The lowest BCUT2D eigenvalue weighted by atomic mass is 10.1. The summed E-state index contributed by atoms with van der Waals surface area (Å²) in [4.78, 5) is 16.9. The third kappa shape index (κ3) is 2.96. The molecule has 2 amide bonds. The Morgan fingerprint density at radius 3 is 2.35 bits per heavy atom. The fourth-order valence-corrected chi connectivity index (χ4v) is 1.44. The molecule has 1 aromatic rings. The van der Waals surface area contributed by atoms with Crippen molar-refractivity contribution in [1.82, 2.24) is 10.2 Å². The van der Waals surface area contributed by atoms with Crippen molar-refractivity contribution in [2.45, 2.75) is 13.8 Å². The van der Waals surface area contributed by atoms with E-state index >= 15 is 0 Å². The van der Waals surface area contributed by atoms with Gasteiger partial charge in [0.05, 0.1) is 5.69 Å². The van der Waals surface area contributed by atoms with Gasteiger partial charge < -0.3 is 11.1 Å². The summed E-state index contributed by atoms with van der Waals surface area (Å²) < 4.78 is 0. The van der Waals surface area contributed by atoms with E-state index in [9.17, 15) is 4.79 Å². The highest BCUT2D eigenvalue weighted by atomic mass is 16.2. The van der Waals surface area contributed by atoms with Crippen molar-refractivity contribution >= 4 is 17.7 Å². The van der Waals surface area contributed by atoms with Crippen LogP contribution in [0.4, 0.5) is 10.5 Å². The van der Waals surface area contributed by atoms with Crippen LogP contribution in [0.3, 0.4) is 0 Å². The molecule has 0 unspecified atom stereocenters. The standard InChI is InChI=1S/C12H18N4O/c1-8-6-5-7-9(2)10(8)15-11(13)16(4)12(17)14-3/h5-7H,1-4H3,(H2,13,15)(H,14,17). The fourth-order valence-electron chi connectivity index (χ4n) is 1.44. The zero-order valence-corrected chi connectivity index (χ0v) is 10.6. The Kier molecular flexibility index (Phi) is 4.09. The first-order valence-electron chi connectivity index (χ1n) is 5.33. The predicted molar refractivity (Wildman–Crippen MR) is 69.4 cm³/mol. The highest BCUT2D eigenvalue weighted by Gasteiger charge is 2.10. The number of aryl methyl sites for hydroxylation is 2. The lowest BCUT2D eigenvalue weighted by Gasteiger charge is -2.16. The number of carbonyl (C=O) groups excluding carboxylic acids is 1. The Morgan fingerprint density at radius 2 is 1.88 bits per heavy atom. The zero-order valence-electron chi connectivity index (χ0n) is 10.6. The van der Waals surface area contributed by atoms with E-state index in [1.54, 1.807) is 14.1 Å². The van der Waals surface area contributed by atoms with Crippen LogP contribution in [0.5, 0.6) is 0 Å². The van der Waals surface area contributed by atoms with Gasteiger partial charge in [-0.3, -0.25) is 4.90 Å². The third-order valence-electron chi connectivity index (χ3n) is 2.53. The number of amides is 2. The number of hydrogen-bond donors (Lipinski definition) is 2. The van der Waals surface area contributed by atoms with E-state index in [-0.39, 0.29) is 12.0 Å². The van der Waals surface area contributed by atoms with Crippen LogP contribution in [-0.2, 0) is 0 Å². The van der Waals surface area contributed by atoms with Crippen molar-refractivity contribution in [3.05, 3.63) is 29.3 Å². The van der Waals surface area contributed by atoms with Crippen molar-refractivity contribution in [2.24, 2.45) is 10.7 Å². The Morgan fingerprint density at radius 1 is 1.35 bits per heavy atom. The van der Waals surface area contributed by atoms with E-state index in [1.165, 1.54) is 4.90 Å². The van der Waals surface area contributed by atoms with E-state index in [0.29, 0.717) is 0 Å². The van der Waals surface area contributed by atoms with Crippen LogP contribution in [-0.4, -0.2) is 31.0 Å². The third-order valence-corrected chi connectivity index (χ3v) is 2.53. The molecule has 0 bridgehead atoms. The first-order valence-corrected chi connectivity index (χ1v) is 5.33. The van der Waals surface area contributed by atoms with E-state index in [0.717, 1.165) is 16.8 Å². The van der Waals surface area contributed by atoms with E-state index in [1.807, 2.05) is 32.0 Å². The normalized spacial score (nSPS) is 11.2. The number of benzene rings is 1. The molecule has 3 N–H and O–H groups in total. The summed E-state index contributed by atoms with van der Waals surface area (Å²) in [5.41, 5.74) is 8.64. The van der Waals surface area contributed by atoms with Crippen molar-refractivity contribution in [3.63, 3.8) is 0 Å². The van der Waals surface area contributed by atoms with Gasteiger partial charge in [-0.05, 0) is 25.0 Å². The topological polar surface area (TPSA) is 70.7 Å². The highest BCUT2D eigenvalue weighted by Crippen LogP contribution is 2.22. The number of guanidine groups is 1. The Bertz CT molecular complexity index is 434. The average Bonchev–Trinajstić information content (AvgIpc) is 2.31. The van der Waals surface area contributed by atoms with Crippen LogP contribution in [0.15, 0.2) is 23.2 Å². The molecule has 5 nitrogen and oxygen atoms in total. The van der Waals surface area contributed by atoms with Crippen molar-refractivity contribution in [3.8, 4) is 0 Å². The number of nitrogens with one attached hydrogen (secondary N) is 1. The number of rotatable bonds is 1. The molecular weight excluding hydrogens is 216 g/mol. The zero-order chi connectivity index (χ0) is 13.0. The van der Waals surface area contributed by atoms with Crippen molar-refractivity contribution in [2.75, 3.05) is 14.1 Å². The molecule has 0 spiro atoms. The van der Waals surface area contributed by atoms with E-state index in [4.69, 9.17) is 5.73 Å². The second-order valence-electron chi connectivity index (χ2n) is 3.82. The lowest BCUT2D eigenvalue weighted by molar-refractivity contribution is 0.228. The quantitative estimate of drug-likeness (QED) is 0.571. The number of nitrogens with zero attached hydrogens (tertiary/aromatic N) is 2. The van der Waals surface area contributed by atoms with Crippen LogP contribution in [0.2, 0.25) is 0 Å². The van der Waals surface area contributed by atoms with Gasteiger partial charge in [-0.2, -0.15) is 0 Å². The smallest absolute Gasteiger partial charge is 0.323 e. The van der Waals surface area contributed by atoms with Crippen LogP contribution in [0.25, 0.3) is 0 Å². The number of aliphatic imine (C=N–C) groups is 1. The molecule has 1 rings (SSSR count). The minimum atomic E-state index is -0.294. The van der Waals surface area contributed by atoms with Crippen molar-refractivity contribution in [1.29, 1.82) is 0 Å². The second-order valence-corrected chi connectivity index (χ2v) is 3.82. The minimum Gasteiger partial charge on any atom is -0.369 e.